The highest BCUT2D eigenvalue weighted by Gasteiger charge is 2.52. The van der Waals surface area contributed by atoms with Crippen molar-refractivity contribution < 1.29 is 32.2 Å². The second kappa shape index (κ2) is 10.8. The van der Waals surface area contributed by atoms with E-state index in [1.807, 2.05) is 24.3 Å². The Morgan fingerprint density at radius 3 is 2.17 bits per heavy atom. The Hall–Kier alpha value is -3.56. The zero-order valence-electron chi connectivity index (χ0n) is 22.7. The monoisotopic (exact) mass is 557 g/mol. The predicted octanol–water partition coefficient (Wildman–Crippen LogP) is 6.31. The van der Waals surface area contributed by atoms with Crippen molar-refractivity contribution in [2.24, 2.45) is 10.5 Å². The van der Waals surface area contributed by atoms with Gasteiger partial charge in [-0.05, 0) is 101 Å². The topological polar surface area (TPSA) is 80.2 Å². The van der Waals surface area contributed by atoms with Crippen LogP contribution in [0.15, 0.2) is 53.6 Å². The van der Waals surface area contributed by atoms with E-state index in [4.69, 9.17) is 4.74 Å². The highest BCUT2D eigenvalue weighted by atomic mass is 19.4. The molecule has 1 aliphatic heterocycles. The third-order valence-electron chi connectivity index (χ3n) is 7.78. The van der Waals surface area contributed by atoms with E-state index in [1.165, 1.54) is 29.3 Å². The molecule has 0 unspecified atom stereocenters. The number of hydrogen-bond donors (Lipinski definition) is 1. The van der Waals surface area contributed by atoms with Gasteiger partial charge >= 0.3 is 6.36 Å². The summed E-state index contributed by atoms with van der Waals surface area (Å²) in [4.78, 5) is 25.9. The van der Waals surface area contributed by atoms with Gasteiger partial charge < -0.3 is 14.8 Å². The fraction of sp³-hybridized carbons (Fsp3) is 0.500. The van der Waals surface area contributed by atoms with Crippen LogP contribution in [0.2, 0.25) is 0 Å². The minimum atomic E-state index is -4.78. The zero-order chi connectivity index (χ0) is 28.5. The van der Waals surface area contributed by atoms with E-state index in [2.05, 4.69) is 15.2 Å². The molecule has 0 atom stereocenters. The molecule has 2 aliphatic carbocycles. The summed E-state index contributed by atoms with van der Waals surface area (Å²) in [5.41, 5.74) is 0.768. The Balaban J connectivity index is 1.20. The van der Waals surface area contributed by atoms with Crippen LogP contribution in [0, 0.1) is 5.41 Å². The number of hydrogen-bond acceptors (Lipinski definition) is 5. The number of ether oxygens (including phenoxy) is 2. The molecule has 1 spiro atoms. The van der Waals surface area contributed by atoms with Gasteiger partial charge in [-0.25, -0.2) is 0 Å². The van der Waals surface area contributed by atoms with E-state index in [0.29, 0.717) is 17.9 Å². The van der Waals surface area contributed by atoms with Gasteiger partial charge in [0.2, 0.25) is 0 Å². The number of alkyl halides is 3. The van der Waals surface area contributed by atoms with Gasteiger partial charge in [-0.2, -0.15) is 10.1 Å². The van der Waals surface area contributed by atoms with Crippen molar-refractivity contribution in [2.45, 2.75) is 89.6 Å². The average Bonchev–Trinajstić information content (AvgIpc) is 3.49. The number of hydrazone groups is 1. The molecule has 5 rings (SSSR count). The van der Waals surface area contributed by atoms with Crippen LogP contribution in [0.25, 0.3) is 0 Å². The Kier molecular flexibility index (Phi) is 7.54. The Bertz CT molecular complexity index is 1260. The largest absolute Gasteiger partial charge is 0.573 e. The quantitative estimate of drug-likeness (QED) is 0.372. The van der Waals surface area contributed by atoms with E-state index in [9.17, 15) is 22.8 Å². The van der Waals surface area contributed by atoms with Gasteiger partial charge in [-0.15, -0.1) is 13.2 Å². The molecular weight excluding hydrogens is 523 g/mol. The van der Waals surface area contributed by atoms with Crippen molar-refractivity contribution in [3.05, 3.63) is 54.1 Å². The number of nitrogens with zero attached hydrogens (tertiary/aromatic N) is 2. The molecule has 2 fully saturated rings. The van der Waals surface area contributed by atoms with Gasteiger partial charge in [0.25, 0.3) is 11.8 Å². The minimum Gasteiger partial charge on any atom is -0.478 e. The molecule has 2 aromatic carbocycles. The summed E-state index contributed by atoms with van der Waals surface area (Å²) >= 11 is 0. The van der Waals surface area contributed by atoms with E-state index in [-0.39, 0.29) is 23.6 Å². The maximum atomic E-state index is 13.5. The molecule has 2 aromatic rings. The summed E-state index contributed by atoms with van der Waals surface area (Å²) in [6, 6.07) is 13.2. The van der Waals surface area contributed by atoms with Crippen LogP contribution in [0.4, 0.5) is 18.9 Å². The number of halogens is 3. The summed E-state index contributed by atoms with van der Waals surface area (Å²) in [5.74, 6) is 0.0487. The lowest BCUT2D eigenvalue weighted by Crippen LogP contribution is -2.47. The van der Waals surface area contributed by atoms with Crippen LogP contribution in [-0.2, 0) is 16.0 Å². The molecule has 1 N–H and O–H groups in total. The number of amides is 2. The van der Waals surface area contributed by atoms with Crippen LogP contribution in [0.5, 0.6) is 11.5 Å². The van der Waals surface area contributed by atoms with Gasteiger partial charge in [0.1, 0.15) is 11.5 Å². The summed E-state index contributed by atoms with van der Waals surface area (Å²) < 4.78 is 47.5. The lowest BCUT2D eigenvalue weighted by molar-refractivity contribution is -0.274. The fourth-order valence-corrected chi connectivity index (χ4v) is 5.43. The highest BCUT2D eigenvalue weighted by molar-refractivity contribution is 6.19. The van der Waals surface area contributed by atoms with Crippen molar-refractivity contribution in [1.29, 1.82) is 0 Å². The number of benzene rings is 2. The molecule has 0 aromatic heterocycles. The fourth-order valence-electron chi connectivity index (χ4n) is 5.43. The predicted molar refractivity (Wildman–Crippen MR) is 144 cm³/mol. The molecule has 3 aliphatic rings. The molecule has 0 radical (unpaired) electrons. The van der Waals surface area contributed by atoms with Crippen LogP contribution >= 0.6 is 0 Å². The average molecular weight is 558 g/mol. The summed E-state index contributed by atoms with van der Waals surface area (Å²) in [5, 5.41) is 9.00. The first-order valence-corrected chi connectivity index (χ1v) is 13.8. The van der Waals surface area contributed by atoms with Crippen molar-refractivity contribution >= 4 is 23.2 Å². The van der Waals surface area contributed by atoms with E-state index in [1.54, 1.807) is 13.8 Å². The Labute approximate surface area is 231 Å². The second-order valence-corrected chi connectivity index (χ2v) is 11.4. The summed E-state index contributed by atoms with van der Waals surface area (Å²) in [6.07, 6.45) is 2.80. The minimum absolute atomic E-state index is 0.112. The maximum absolute atomic E-state index is 13.5. The lowest BCUT2D eigenvalue weighted by Gasteiger charge is -2.25. The van der Waals surface area contributed by atoms with Crippen molar-refractivity contribution in [3.63, 3.8) is 0 Å². The molecule has 0 bridgehead atoms. The van der Waals surface area contributed by atoms with Crippen LogP contribution in [0.1, 0.15) is 70.8 Å². The van der Waals surface area contributed by atoms with Crippen molar-refractivity contribution in [1.82, 2.24) is 5.32 Å². The lowest BCUT2D eigenvalue weighted by atomic mass is 9.78. The third kappa shape index (κ3) is 6.26. The highest BCUT2D eigenvalue weighted by Crippen LogP contribution is 2.47. The van der Waals surface area contributed by atoms with Gasteiger partial charge in [0.15, 0.2) is 5.60 Å². The van der Waals surface area contributed by atoms with Crippen LogP contribution in [-0.4, -0.2) is 35.5 Å². The van der Waals surface area contributed by atoms with Crippen molar-refractivity contribution in [2.75, 3.05) is 5.01 Å². The molecule has 0 saturated heterocycles. The van der Waals surface area contributed by atoms with Gasteiger partial charge in [-0.1, -0.05) is 25.0 Å². The van der Waals surface area contributed by atoms with Gasteiger partial charge in [-0.3, -0.25) is 9.59 Å². The molecule has 214 valence electrons. The SMILES string of the molecule is CC(C)(Oc1ccc(CCCC2=NN(c3ccc(OC(F)(F)F)cc3)C(=O)C23CCCC3)cc1)C(=O)NC1CC1. The zero-order valence-corrected chi connectivity index (χ0v) is 22.7. The number of rotatable bonds is 10. The first kappa shape index (κ1) is 28.0. The van der Waals surface area contributed by atoms with Gasteiger partial charge in [0, 0.05) is 6.04 Å². The van der Waals surface area contributed by atoms with Crippen LogP contribution in [0.3, 0.4) is 0 Å². The molecular formula is C30H34F3N3O4. The normalized spacial score (nSPS) is 18.7. The first-order chi connectivity index (χ1) is 19.0. The molecule has 40 heavy (non-hydrogen) atoms. The smallest absolute Gasteiger partial charge is 0.478 e. The van der Waals surface area contributed by atoms with Crippen LogP contribution < -0.4 is 19.8 Å². The summed E-state index contributed by atoms with van der Waals surface area (Å²) in [6.45, 7) is 3.52. The van der Waals surface area contributed by atoms with Gasteiger partial charge in [0.05, 0.1) is 16.8 Å². The molecule has 7 nitrogen and oxygen atoms in total. The molecule has 1 heterocycles. The molecule has 10 heteroatoms. The number of nitrogens with one attached hydrogen (secondary N) is 1. The third-order valence-corrected chi connectivity index (χ3v) is 7.78. The number of carbonyl (C=O) groups is 2. The van der Waals surface area contributed by atoms with E-state index in [0.717, 1.165) is 62.6 Å². The standard InChI is InChI=1S/C30H34F3N3O4/c1-28(2,26(37)34-21-10-11-21)39-23-14-8-20(9-15-23)6-5-7-25-29(18-3-4-19-29)27(38)36(35-25)22-12-16-24(17-13-22)40-30(31,32)33/h8-9,12-17,21H,3-7,10-11,18-19H2,1-2H3,(H,34,37). The van der Waals surface area contributed by atoms with E-state index >= 15 is 0 Å². The molecule has 2 amide bonds. The number of anilines is 1. The second-order valence-electron chi connectivity index (χ2n) is 11.4. The Morgan fingerprint density at radius 1 is 0.975 bits per heavy atom. The number of carbonyl (C=O) groups excluding carboxylic acids is 2. The summed E-state index contributed by atoms with van der Waals surface area (Å²) in [7, 11) is 0. The Morgan fingerprint density at radius 2 is 1.57 bits per heavy atom. The van der Waals surface area contributed by atoms with Crippen molar-refractivity contribution in [3.8, 4) is 11.5 Å². The molecule has 2 saturated carbocycles. The number of aryl methyl sites for hydroxylation is 1. The van der Waals surface area contributed by atoms with E-state index < -0.39 is 17.4 Å². The maximum Gasteiger partial charge on any atom is 0.573 e. The first-order valence-electron chi connectivity index (χ1n) is 13.8.